The summed E-state index contributed by atoms with van der Waals surface area (Å²) in [6.45, 7) is 3.39. The van der Waals surface area contributed by atoms with Crippen molar-refractivity contribution in [3.63, 3.8) is 0 Å². The smallest absolute Gasteiger partial charge is 0.244 e. The minimum atomic E-state index is -0.596. The summed E-state index contributed by atoms with van der Waals surface area (Å²) in [5.74, 6) is -0.0214. The Bertz CT molecular complexity index is 554. The second kappa shape index (κ2) is 7.60. The van der Waals surface area contributed by atoms with E-state index in [0.29, 0.717) is 13.1 Å². The van der Waals surface area contributed by atoms with E-state index in [1.54, 1.807) is 0 Å². The summed E-state index contributed by atoms with van der Waals surface area (Å²) in [4.78, 5) is 14.5. The molecule has 3 heteroatoms. The highest BCUT2D eigenvalue weighted by Gasteiger charge is 2.21. The fraction of sp³-hybridized carbons (Fsp3) is 0.278. The van der Waals surface area contributed by atoms with Crippen LogP contribution in [0.1, 0.15) is 30.5 Å². The second-order valence-corrected chi connectivity index (χ2v) is 5.13. The Kier molecular flexibility index (Phi) is 5.52. The van der Waals surface area contributed by atoms with Crippen LogP contribution in [0.5, 0.6) is 0 Å². The Morgan fingerprint density at radius 3 is 2.19 bits per heavy atom. The zero-order valence-corrected chi connectivity index (χ0v) is 12.4. The normalized spacial score (nSPS) is 11.9. The minimum absolute atomic E-state index is 0.0214. The van der Waals surface area contributed by atoms with E-state index in [4.69, 9.17) is 5.73 Å². The minimum Gasteiger partial charge on any atom is -0.337 e. The molecule has 110 valence electrons. The maximum Gasteiger partial charge on any atom is 0.244 e. The van der Waals surface area contributed by atoms with Crippen molar-refractivity contribution in [2.75, 3.05) is 6.54 Å². The van der Waals surface area contributed by atoms with Crippen molar-refractivity contribution in [3.05, 3.63) is 71.8 Å². The molecule has 0 aromatic heterocycles. The first-order chi connectivity index (χ1) is 10.2. The van der Waals surface area contributed by atoms with Gasteiger partial charge in [0.15, 0.2) is 0 Å². The SMILES string of the molecule is CCCN(Cc1ccccc1)C(=O)C(N)c1ccccc1. The predicted octanol–water partition coefficient (Wildman–Crippen LogP) is 3.13. The quantitative estimate of drug-likeness (QED) is 0.884. The van der Waals surface area contributed by atoms with E-state index in [1.807, 2.05) is 65.6 Å². The van der Waals surface area contributed by atoms with E-state index in [-0.39, 0.29) is 5.91 Å². The molecular formula is C18H22N2O. The van der Waals surface area contributed by atoms with Crippen molar-refractivity contribution in [2.24, 2.45) is 5.73 Å². The van der Waals surface area contributed by atoms with Gasteiger partial charge in [-0.1, -0.05) is 67.6 Å². The number of amides is 1. The molecule has 21 heavy (non-hydrogen) atoms. The fourth-order valence-corrected chi connectivity index (χ4v) is 2.34. The van der Waals surface area contributed by atoms with Gasteiger partial charge < -0.3 is 10.6 Å². The molecule has 2 N–H and O–H groups in total. The molecule has 1 atom stereocenters. The second-order valence-electron chi connectivity index (χ2n) is 5.13. The third-order valence-corrected chi connectivity index (χ3v) is 3.45. The van der Waals surface area contributed by atoms with Gasteiger partial charge in [-0.25, -0.2) is 0 Å². The molecule has 0 bridgehead atoms. The molecule has 3 nitrogen and oxygen atoms in total. The van der Waals surface area contributed by atoms with Crippen LogP contribution in [0.2, 0.25) is 0 Å². The number of carbonyl (C=O) groups excluding carboxylic acids is 1. The van der Waals surface area contributed by atoms with Crippen LogP contribution in [0.25, 0.3) is 0 Å². The molecule has 2 rings (SSSR count). The maximum absolute atomic E-state index is 12.6. The van der Waals surface area contributed by atoms with Crippen molar-refractivity contribution >= 4 is 5.91 Å². The summed E-state index contributed by atoms with van der Waals surface area (Å²) in [6.07, 6.45) is 0.917. The van der Waals surface area contributed by atoms with E-state index in [9.17, 15) is 4.79 Å². The molecule has 1 unspecified atom stereocenters. The van der Waals surface area contributed by atoms with Gasteiger partial charge in [-0.3, -0.25) is 4.79 Å². The van der Waals surface area contributed by atoms with Gasteiger partial charge in [0, 0.05) is 13.1 Å². The van der Waals surface area contributed by atoms with Gasteiger partial charge >= 0.3 is 0 Å². The molecule has 0 aliphatic carbocycles. The van der Waals surface area contributed by atoms with Crippen LogP contribution >= 0.6 is 0 Å². The van der Waals surface area contributed by atoms with Crippen LogP contribution in [0.3, 0.4) is 0 Å². The molecular weight excluding hydrogens is 260 g/mol. The highest BCUT2D eigenvalue weighted by molar-refractivity contribution is 5.83. The zero-order chi connectivity index (χ0) is 15.1. The van der Waals surface area contributed by atoms with Crippen molar-refractivity contribution in [1.82, 2.24) is 4.90 Å². The standard InChI is InChI=1S/C18H22N2O/c1-2-13-20(14-15-9-5-3-6-10-15)18(21)17(19)16-11-7-4-8-12-16/h3-12,17H,2,13-14,19H2,1H3. The average Bonchev–Trinajstić information content (AvgIpc) is 2.55. The summed E-state index contributed by atoms with van der Waals surface area (Å²) in [7, 11) is 0. The van der Waals surface area contributed by atoms with Gasteiger partial charge in [0.05, 0.1) is 0 Å². The first kappa shape index (κ1) is 15.3. The molecule has 0 spiro atoms. The first-order valence-electron chi connectivity index (χ1n) is 7.35. The molecule has 0 saturated heterocycles. The Balaban J connectivity index is 2.12. The highest BCUT2D eigenvalue weighted by Crippen LogP contribution is 2.15. The molecule has 1 amide bonds. The largest absolute Gasteiger partial charge is 0.337 e. The van der Waals surface area contributed by atoms with Crippen molar-refractivity contribution in [1.29, 1.82) is 0 Å². The molecule has 2 aromatic carbocycles. The van der Waals surface area contributed by atoms with Crippen LogP contribution in [0, 0.1) is 0 Å². The number of rotatable bonds is 6. The highest BCUT2D eigenvalue weighted by atomic mass is 16.2. The third kappa shape index (κ3) is 4.17. The molecule has 2 aromatic rings. The predicted molar refractivity (Wildman–Crippen MR) is 85.5 cm³/mol. The van der Waals surface area contributed by atoms with Crippen LogP contribution in [-0.2, 0) is 11.3 Å². The van der Waals surface area contributed by atoms with Crippen LogP contribution in [0.4, 0.5) is 0 Å². The number of hydrogen-bond acceptors (Lipinski definition) is 2. The number of hydrogen-bond donors (Lipinski definition) is 1. The summed E-state index contributed by atoms with van der Waals surface area (Å²) < 4.78 is 0. The zero-order valence-electron chi connectivity index (χ0n) is 12.4. The number of nitrogens with two attached hydrogens (primary N) is 1. The Labute approximate surface area is 126 Å². The van der Waals surface area contributed by atoms with Gasteiger partial charge in [0.25, 0.3) is 0 Å². The van der Waals surface area contributed by atoms with E-state index in [0.717, 1.165) is 17.5 Å². The van der Waals surface area contributed by atoms with Gasteiger partial charge in [-0.15, -0.1) is 0 Å². The Morgan fingerprint density at radius 1 is 1.05 bits per heavy atom. The number of benzene rings is 2. The maximum atomic E-state index is 12.6. The van der Waals surface area contributed by atoms with Gasteiger partial charge in [-0.2, -0.15) is 0 Å². The first-order valence-corrected chi connectivity index (χ1v) is 7.35. The van der Waals surface area contributed by atoms with Crippen molar-refractivity contribution < 1.29 is 4.79 Å². The van der Waals surface area contributed by atoms with Crippen molar-refractivity contribution in [2.45, 2.75) is 25.9 Å². The summed E-state index contributed by atoms with van der Waals surface area (Å²) in [5.41, 5.74) is 8.11. The molecule has 0 radical (unpaired) electrons. The number of carbonyl (C=O) groups is 1. The lowest BCUT2D eigenvalue weighted by Gasteiger charge is -2.25. The van der Waals surface area contributed by atoms with Gasteiger partial charge in [0.1, 0.15) is 6.04 Å². The van der Waals surface area contributed by atoms with Gasteiger partial charge in [0.2, 0.25) is 5.91 Å². The van der Waals surface area contributed by atoms with E-state index in [2.05, 4.69) is 6.92 Å². The van der Waals surface area contributed by atoms with E-state index in [1.165, 1.54) is 0 Å². The van der Waals surface area contributed by atoms with Crippen LogP contribution in [-0.4, -0.2) is 17.4 Å². The van der Waals surface area contributed by atoms with E-state index >= 15 is 0 Å². The summed E-state index contributed by atoms with van der Waals surface area (Å²) in [6, 6.07) is 19.0. The lowest BCUT2D eigenvalue weighted by molar-refractivity contribution is -0.133. The van der Waals surface area contributed by atoms with Crippen LogP contribution < -0.4 is 5.73 Å². The molecule has 0 saturated carbocycles. The topological polar surface area (TPSA) is 46.3 Å². The molecule has 0 aliphatic heterocycles. The molecule has 0 aliphatic rings. The third-order valence-electron chi connectivity index (χ3n) is 3.45. The van der Waals surface area contributed by atoms with E-state index < -0.39 is 6.04 Å². The lowest BCUT2D eigenvalue weighted by Crippen LogP contribution is -2.38. The monoisotopic (exact) mass is 282 g/mol. The Hall–Kier alpha value is -2.13. The molecule has 0 fully saturated rings. The van der Waals surface area contributed by atoms with Crippen molar-refractivity contribution in [3.8, 4) is 0 Å². The summed E-state index contributed by atoms with van der Waals surface area (Å²) in [5, 5.41) is 0. The fourth-order valence-electron chi connectivity index (χ4n) is 2.34. The number of nitrogens with zero attached hydrogens (tertiary/aromatic N) is 1. The van der Waals surface area contributed by atoms with Crippen LogP contribution in [0.15, 0.2) is 60.7 Å². The summed E-state index contributed by atoms with van der Waals surface area (Å²) >= 11 is 0. The van der Waals surface area contributed by atoms with Gasteiger partial charge in [-0.05, 0) is 17.5 Å². The average molecular weight is 282 g/mol. The molecule has 0 heterocycles. The lowest BCUT2D eigenvalue weighted by atomic mass is 10.1. The Morgan fingerprint density at radius 2 is 1.62 bits per heavy atom.